The molecule has 5 N–H and O–H groups in total. The van der Waals surface area contributed by atoms with Crippen LogP contribution in [0.5, 0.6) is 0 Å². The fourth-order valence-electron chi connectivity index (χ4n) is 2.14. The van der Waals surface area contributed by atoms with Crippen molar-refractivity contribution in [2.75, 3.05) is 5.73 Å². The maximum absolute atomic E-state index is 5.95. The lowest BCUT2D eigenvalue weighted by atomic mass is 9.96. The van der Waals surface area contributed by atoms with Crippen LogP contribution in [0.3, 0.4) is 0 Å². The van der Waals surface area contributed by atoms with Crippen molar-refractivity contribution in [1.82, 2.24) is 10.4 Å². The summed E-state index contributed by atoms with van der Waals surface area (Å²) in [5, 5.41) is 0.720. The molecule has 0 fully saturated rings. The molecule has 1 aromatic heterocycles. The molecule has 2 rings (SSSR count). The Morgan fingerprint density at radius 3 is 2.53 bits per heavy atom. The lowest BCUT2D eigenvalue weighted by Crippen LogP contribution is -2.31. The zero-order valence-corrected chi connectivity index (χ0v) is 11.5. The zero-order valence-electron chi connectivity index (χ0n) is 10.7. The van der Waals surface area contributed by atoms with Gasteiger partial charge in [0.1, 0.15) is 5.82 Å². The zero-order chi connectivity index (χ0) is 13.8. The summed E-state index contributed by atoms with van der Waals surface area (Å²) in [6.07, 6.45) is 2.43. The number of benzene rings is 1. The number of hydrogen-bond acceptors (Lipinski definition) is 4. The molecule has 0 radical (unpaired) electrons. The van der Waals surface area contributed by atoms with Gasteiger partial charge in [0.25, 0.3) is 0 Å². The van der Waals surface area contributed by atoms with Crippen LogP contribution in [0.15, 0.2) is 36.5 Å². The number of halogens is 1. The van der Waals surface area contributed by atoms with Gasteiger partial charge in [-0.05, 0) is 42.7 Å². The van der Waals surface area contributed by atoms with E-state index in [2.05, 4.69) is 10.4 Å². The van der Waals surface area contributed by atoms with E-state index in [1.165, 1.54) is 0 Å². The second-order valence-electron chi connectivity index (χ2n) is 4.48. The number of pyridine rings is 1. The maximum atomic E-state index is 5.95. The minimum Gasteiger partial charge on any atom is -0.383 e. The lowest BCUT2D eigenvalue weighted by molar-refractivity contribution is 0.549. The minimum atomic E-state index is -0.0742. The highest BCUT2D eigenvalue weighted by molar-refractivity contribution is 6.30. The first-order valence-corrected chi connectivity index (χ1v) is 6.41. The van der Waals surface area contributed by atoms with Crippen LogP contribution in [0.2, 0.25) is 5.02 Å². The number of anilines is 1. The largest absolute Gasteiger partial charge is 0.383 e. The number of nitrogens with zero attached hydrogens (tertiary/aromatic N) is 1. The molecule has 1 atom stereocenters. The molecule has 1 unspecified atom stereocenters. The van der Waals surface area contributed by atoms with Gasteiger partial charge < -0.3 is 5.73 Å². The molecule has 2 aromatic rings. The summed E-state index contributed by atoms with van der Waals surface area (Å²) in [5.41, 5.74) is 11.9. The van der Waals surface area contributed by atoms with Crippen LogP contribution in [0, 0.1) is 6.92 Å². The Bertz CT molecular complexity index is 534. The number of aryl methyl sites for hydroxylation is 1. The Labute approximate surface area is 117 Å². The number of nitrogens with one attached hydrogen (secondary N) is 1. The van der Waals surface area contributed by atoms with E-state index < -0.39 is 0 Å². The van der Waals surface area contributed by atoms with Gasteiger partial charge in [0.05, 0.1) is 6.04 Å². The quantitative estimate of drug-likeness (QED) is 0.592. The van der Waals surface area contributed by atoms with Gasteiger partial charge in [-0.2, -0.15) is 0 Å². The third-order valence-electron chi connectivity index (χ3n) is 3.14. The fourth-order valence-corrected chi connectivity index (χ4v) is 2.27. The first-order chi connectivity index (χ1) is 9.11. The molecule has 0 spiro atoms. The van der Waals surface area contributed by atoms with E-state index >= 15 is 0 Å². The molecule has 0 aliphatic heterocycles. The van der Waals surface area contributed by atoms with Crippen LogP contribution < -0.4 is 17.0 Å². The van der Waals surface area contributed by atoms with Gasteiger partial charge in [0.2, 0.25) is 0 Å². The average molecular weight is 277 g/mol. The van der Waals surface area contributed by atoms with Gasteiger partial charge in [-0.3, -0.25) is 11.3 Å². The van der Waals surface area contributed by atoms with Crippen molar-refractivity contribution in [3.8, 4) is 0 Å². The van der Waals surface area contributed by atoms with E-state index in [9.17, 15) is 0 Å². The Hall–Kier alpha value is -1.62. The summed E-state index contributed by atoms with van der Waals surface area (Å²) >= 11 is 5.88. The van der Waals surface area contributed by atoms with Gasteiger partial charge in [0, 0.05) is 16.8 Å². The number of nitrogens with two attached hydrogens (primary N) is 2. The van der Waals surface area contributed by atoms with E-state index in [0.29, 0.717) is 5.82 Å². The molecule has 0 aliphatic carbocycles. The molecule has 19 heavy (non-hydrogen) atoms. The Morgan fingerprint density at radius 1 is 1.26 bits per heavy atom. The van der Waals surface area contributed by atoms with Crippen molar-refractivity contribution >= 4 is 17.4 Å². The van der Waals surface area contributed by atoms with Crippen molar-refractivity contribution in [1.29, 1.82) is 0 Å². The monoisotopic (exact) mass is 276 g/mol. The van der Waals surface area contributed by atoms with Crippen LogP contribution in [-0.2, 0) is 6.42 Å². The molecule has 0 saturated heterocycles. The first-order valence-electron chi connectivity index (χ1n) is 6.03. The summed E-state index contributed by atoms with van der Waals surface area (Å²) in [7, 11) is 0. The van der Waals surface area contributed by atoms with Crippen LogP contribution in [0.4, 0.5) is 5.82 Å². The number of nitrogen functional groups attached to an aromatic ring is 1. The predicted octanol–water partition coefficient (Wildman–Crippen LogP) is 2.37. The topological polar surface area (TPSA) is 77.0 Å². The highest BCUT2D eigenvalue weighted by Gasteiger charge is 2.16. The number of aromatic nitrogens is 1. The summed E-state index contributed by atoms with van der Waals surface area (Å²) < 4.78 is 0. The van der Waals surface area contributed by atoms with E-state index in [4.69, 9.17) is 23.2 Å². The fraction of sp³-hybridized carbons (Fsp3) is 0.214. The van der Waals surface area contributed by atoms with Crippen LogP contribution in [0.25, 0.3) is 0 Å². The molecule has 0 amide bonds. The number of rotatable bonds is 4. The normalized spacial score (nSPS) is 12.4. The van der Waals surface area contributed by atoms with Gasteiger partial charge in [-0.1, -0.05) is 23.7 Å². The molecule has 4 nitrogen and oxygen atoms in total. The van der Waals surface area contributed by atoms with Crippen molar-refractivity contribution in [3.05, 3.63) is 58.2 Å². The van der Waals surface area contributed by atoms with E-state index in [1.54, 1.807) is 6.20 Å². The highest BCUT2D eigenvalue weighted by atomic mass is 35.5. The van der Waals surface area contributed by atoms with E-state index in [-0.39, 0.29) is 6.04 Å². The highest BCUT2D eigenvalue weighted by Crippen LogP contribution is 2.25. The van der Waals surface area contributed by atoms with Gasteiger partial charge in [-0.15, -0.1) is 0 Å². The molecule has 1 heterocycles. The SMILES string of the molecule is Cc1ccnc(N)c1C(Cc1ccc(Cl)cc1)NN. The van der Waals surface area contributed by atoms with Gasteiger partial charge in [0.15, 0.2) is 0 Å². The Morgan fingerprint density at radius 2 is 1.95 bits per heavy atom. The summed E-state index contributed by atoms with van der Waals surface area (Å²) in [6, 6.07) is 9.55. The van der Waals surface area contributed by atoms with E-state index in [0.717, 1.165) is 28.1 Å². The number of hydrazine groups is 1. The van der Waals surface area contributed by atoms with Crippen molar-refractivity contribution < 1.29 is 0 Å². The van der Waals surface area contributed by atoms with E-state index in [1.807, 2.05) is 37.3 Å². The van der Waals surface area contributed by atoms with Crippen molar-refractivity contribution in [2.45, 2.75) is 19.4 Å². The Balaban J connectivity index is 2.27. The first kappa shape index (κ1) is 13.8. The second-order valence-corrected chi connectivity index (χ2v) is 4.91. The third-order valence-corrected chi connectivity index (χ3v) is 3.39. The Kier molecular flexibility index (Phi) is 4.37. The predicted molar refractivity (Wildman–Crippen MR) is 78.6 cm³/mol. The standard InChI is InChI=1S/C14H17ClN4/c1-9-6-7-18-14(16)13(9)12(19-17)8-10-2-4-11(15)5-3-10/h2-7,12,19H,8,17H2,1H3,(H2,16,18). The molecule has 0 saturated carbocycles. The summed E-state index contributed by atoms with van der Waals surface area (Å²) in [4.78, 5) is 4.13. The molecule has 0 aliphatic rings. The van der Waals surface area contributed by atoms with Crippen molar-refractivity contribution in [2.24, 2.45) is 5.84 Å². The second kappa shape index (κ2) is 6.02. The maximum Gasteiger partial charge on any atom is 0.128 e. The van der Waals surface area contributed by atoms with Gasteiger partial charge in [-0.25, -0.2) is 4.98 Å². The van der Waals surface area contributed by atoms with Crippen LogP contribution >= 0.6 is 11.6 Å². The summed E-state index contributed by atoms with van der Waals surface area (Å²) in [5.74, 6) is 6.17. The smallest absolute Gasteiger partial charge is 0.128 e. The number of hydrogen-bond donors (Lipinski definition) is 3. The molecular weight excluding hydrogens is 260 g/mol. The van der Waals surface area contributed by atoms with Crippen LogP contribution in [0.1, 0.15) is 22.7 Å². The molecular formula is C14H17ClN4. The molecule has 0 bridgehead atoms. The summed E-state index contributed by atoms with van der Waals surface area (Å²) in [6.45, 7) is 2.00. The van der Waals surface area contributed by atoms with Crippen LogP contribution in [-0.4, -0.2) is 4.98 Å². The molecule has 1 aromatic carbocycles. The third kappa shape index (κ3) is 3.23. The average Bonchev–Trinajstić information content (AvgIpc) is 2.39. The molecule has 5 heteroatoms. The minimum absolute atomic E-state index is 0.0742. The van der Waals surface area contributed by atoms with Crippen molar-refractivity contribution in [3.63, 3.8) is 0 Å². The lowest BCUT2D eigenvalue weighted by Gasteiger charge is -2.20. The van der Waals surface area contributed by atoms with Gasteiger partial charge >= 0.3 is 0 Å². The molecule has 100 valence electrons.